The normalized spacial score (nSPS) is 17.6. The van der Waals surface area contributed by atoms with Gasteiger partial charge in [-0.25, -0.2) is 39.5 Å². The second kappa shape index (κ2) is 26.2. The third-order valence-corrected chi connectivity index (χ3v) is 16.2. The largest absolute Gasteiger partial charge is 0.382 e. The molecule has 3 aliphatic heterocycles. The number of nitrogens with one attached hydrogen (secondary N) is 3. The first-order chi connectivity index (χ1) is 38.5. The molecule has 0 radical (unpaired) electrons. The number of hydrogen-bond donors (Lipinski definition) is 6. The van der Waals surface area contributed by atoms with Crippen molar-refractivity contribution in [2.75, 3.05) is 53.0 Å². The predicted octanol–water partition coefficient (Wildman–Crippen LogP) is 11.1. The zero-order valence-electron chi connectivity index (χ0n) is 45.2. The van der Waals surface area contributed by atoms with Crippen LogP contribution in [-0.2, 0) is 19.1 Å². The van der Waals surface area contributed by atoms with E-state index in [1.165, 1.54) is 48.8 Å². The van der Waals surface area contributed by atoms with Gasteiger partial charge in [0.15, 0.2) is 0 Å². The summed E-state index contributed by atoms with van der Waals surface area (Å²) in [7, 11) is 1.38. The topological polar surface area (TPSA) is 217 Å². The molecule has 0 saturated carbocycles. The van der Waals surface area contributed by atoms with Crippen LogP contribution in [0.2, 0.25) is 15.1 Å². The number of methoxy groups -OCH3 is 1. The van der Waals surface area contributed by atoms with Gasteiger partial charge in [0.2, 0.25) is 17.7 Å². The van der Waals surface area contributed by atoms with Gasteiger partial charge in [0, 0.05) is 109 Å². The Morgan fingerprint density at radius 2 is 0.854 bits per heavy atom. The van der Waals surface area contributed by atoms with E-state index in [4.69, 9.17) is 39.5 Å². The minimum absolute atomic E-state index is 0.00128. The predicted molar refractivity (Wildman–Crippen MR) is 287 cm³/mol. The molecule has 16 nitrogen and oxygen atoms in total. The summed E-state index contributed by atoms with van der Waals surface area (Å²) >= 11 is 17.4. The van der Waals surface area contributed by atoms with Crippen molar-refractivity contribution in [3.8, 4) is 0 Å². The van der Waals surface area contributed by atoms with Crippen molar-refractivity contribution in [1.29, 1.82) is 0 Å². The molecule has 3 amide bonds. The standard InChI is InChI=1S/C19H23ClF3N3O2.C18H21ClF3N3O2.C17H19ClF3N3O3/c1-10(2)7-14(27)26-5-3-12(4-6-26)19(22,23)18(28)15-16(21)13(20)8-11-9-24-25-17(11)15;1-9(2)17(27)25-5-3-11(4-6-25)18(21,22)16(26)13-14(20)12(19)7-10-8-23-24-15(10)13;1-27-8-12(25)24-4-2-10(3-5-24)17(20,21)16(26)13-14(19)11(18)6-9-7-22-23-15(9)13/h8-10,12,18,28H,3-7H2,1-2H3,(H,24,25);7-9,11,16,26H,3-6H2,1-2H3,(H,23,24);6-7,10,16,26H,2-5,8H2,1H3,(H,22,23). The number of piperidine rings is 3. The maximum Gasteiger partial charge on any atom is 0.280 e. The fourth-order valence-electron chi connectivity index (χ4n) is 10.8. The van der Waals surface area contributed by atoms with E-state index in [-0.39, 0.29) is 146 Å². The smallest absolute Gasteiger partial charge is 0.280 e. The van der Waals surface area contributed by atoms with Crippen LogP contribution in [0.5, 0.6) is 0 Å². The minimum atomic E-state index is -3.61. The van der Waals surface area contributed by atoms with E-state index in [0.29, 0.717) is 22.6 Å². The number of aliphatic hydroxyl groups excluding tert-OH is 3. The molecule has 82 heavy (non-hydrogen) atoms. The number of carbonyl (C=O) groups excluding carboxylic acids is 3. The first kappa shape index (κ1) is 64.1. The zero-order valence-corrected chi connectivity index (χ0v) is 47.4. The van der Waals surface area contributed by atoms with Crippen LogP contribution in [0.4, 0.5) is 39.5 Å². The highest BCUT2D eigenvalue weighted by Crippen LogP contribution is 2.49. The Hall–Kier alpha value is -5.44. The number of rotatable bonds is 14. The van der Waals surface area contributed by atoms with E-state index in [1.807, 2.05) is 13.8 Å². The molecule has 3 atom stereocenters. The number of H-pyrrole nitrogens is 3. The average Bonchev–Trinajstić information content (AvgIpc) is 4.35. The molecular weight excluding hydrogens is 1160 g/mol. The highest BCUT2D eigenvalue weighted by atomic mass is 35.5. The summed E-state index contributed by atoms with van der Waals surface area (Å²) in [5.41, 5.74) is -1.78. The van der Waals surface area contributed by atoms with Crippen LogP contribution >= 0.6 is 34.8 Å². The molecular formula is C54H63Cl3F9N9O7. The molecule has 0 bridgehead atoms. The number of alkyl halides is 6. The van der Waals surface area contributed by atoms with Gasteiger partial charge < -0.3 is 34.8 Å². The van der Waals surface area contributed by atoms with Crippen molar-refractivity contribution >= 4 is 85.2 Å². The van der Waals surface area contributed by atoms with Crippen LogP contribution < -0.4 is 0 Å². The molecule has 6 heterocycles. The number of nitrogens with zero attached hydrogens (tertiary/aromatic N) is 6. The maximum absolute atomic E-state index is 15.1. The molecule has 450 valence electrons. The van der Waals surface area contributed by atoms with E-state index in [0.717, 1.165) is 0 Å². The highest BCUT2D eigenvalue weighted by molar-refractivity contribution is 6.32. The van der Waals surface area contributed by atoms with Crippen LogP contribution in [0.25, 0.3) is 32.7 Å². The Labute approximate surface area is 479 Å². The highest BCUT2D eigenvalue weighted by Gasteiger charge is 2.53. The van der Waals surface area contributed by atoms with Crippen molar-refractivity contribution in [3.05, 3.63) is 86.0 Å². The van der Waals surface area contributed by atoms with Gasteiger partial charge in [-0.1, -0.05) is 62.5 Å². The first-order valence-electron chi connectivity index (χ1n) is 26.5. The molecule has 28 heteroatoms. The van der Waals surface area contributed by atoms with Crippen molar-refractivity contribution in [3.63, 3.8) is 0 Å². The van der Waals surface area contributed by atoms with E-state index in [1.54, 1.807) is 23.6 Å². The van der Waals surface area contributed by atoms with Crippen LogP contribution in [-0.4, -0.2) is 149 Å². The number of aromatic nitrogens is 6. The monoisotopic (exact) mass is 1230 g/mol. The van der Waals surface area contributed by atoms with Gasteiger partial charge in [-0.05, 0) is 62.6 Å². The van der Waals surface area contributed by atoms with Crippen LogP contribution in [0, 0.1) is 47.0 Å². The Bertz CT molecular complexity index is 3210. The Morgan fingerprint density at radius 3 is 1.13 bits per heavy atom. The van der Waals surface area contributed by atoms with E-state index in [2.05, 4.69) is 30.6 Å². The lowest BCUT2D eigenvalue weighted by Crippen LogP contribution is -2.46. The maximum atomic E-state index is 15.1. The van der Waals surface area contributed by atoms with Gasteiger partial charge in [0.1, 0.15) is 42.4 Å². The molecule has 0 aliphatic carbocycles. The van der Waals surface area contributed by atoms with E-state index < -0.39 is 88.0 Å². The van der Waals surface area contributed by atoms with E-state index in [9.17, 15) is 51.7 Å². The van der Waals surface area contributed by atoms with Gasteiger partial charge in [-0.3, -0.25) is 29.7 Å². The zero-order chi connectivity index (χ0) is 60.3. The van der Waals surface area contributed by atoms with Crippen molar-refractivity contribution in [2.45, 2.75) is 109 Å². The second-order valence-corrected chi connectivity index (χ2v) is 22.8. The van der Waals surface area contributed by atoms with Crippen LogP contribution in [0.15, 0.2) is 36.8 Å². The average molecular weight is 1230 g/mol. The van der Waals surface area contributed by atoms with Crippen molar-refractivity contribution < 1.29 is 74.0 Å². The third-order valence-electron chi connectivity index (χ3n) is 15.4. The minimum Gasteiger partial charge on any atom is -0.382 e. The van der Waals surface area contributed by atoms with Crippen molar-refractivity contribution in [2.24, 2.45) is 29.6 Å². The second-order valence-electron chi connectivity index (χ2n) is 21.6. The number of aliphatic hydroxyl groups is 3. The van der Waals surface area contributed by atoms with Crippen LogP contribution in [0.1, 0.15) is 108 Å². The first-order valence-corrected chi connectivity index (χ1v) is 27.6. The van der Waals surface area contributed by atoms with Gasteiger partial charge in [-0.2, -0.15) is 15.3 Å². The summed E-state index contributed by atoms with van der Waals surface area (Å²) in [6.45, 7) is 8.22. The molecule has 0 spiro atoms. The Balaban J connectivity index is 0.000000177. The SMILES string of the molecule is CC(C)C(=O)N1CCC(C(F)(F)C(O)c2c(F)c(Cl)cc3cn[nH]c23)CC1.CC(C)CC(=O)N1CCC(C(F)(F)C(O)c2c(F)c(Cl)cc3cn[nH]c23)CC1.COCC(=O)N1CCC(C(F)(F)C(O)c2c(F)c(Cl)cc3cn[nH]c23)CC1. The summed E-state index contributed by atoms with van der Waals surface area (Å²) in [5.74, 6) is -18.1. The molecule has 3 unspecified atom stereocenters. The molecule has 3 fully saturated rings. The number of fused-ring (bicyclic) bond motifs is 3. The van der Waals surface area contributed by atoms with Crippen LogP contribution in [0.3, 0.4) is 0 Å². The summed E-state index contributed by atoms with van der Waals surface area (Å²) < 4.78 is 138. The number of carbonyl (C=O) groups is 3. The van der Waals surface area contributed by atoms with Gasteiger partial charge in [0.25, 0.3) is 17.8 Å². The summed E-state index contributed by atoms with van der Waals surface area (Å²) in [4.78, 5) is 40.5. The summed E-state index contributed by atoms with van der Waals surface area (Å²) in [6, 6.07) is 3.78. The number of benzene rings is 3. The quantitative estimate of drug-likeness (QED) is 0.0567. The van der Waals surface area contributed by atoms with Gasteiger partial charge in [0.05, 0.1) is 50.2 Å². The number of ether oxygens (including phenoxy) is 1. The fourth-order valence-corrected chi connectivity index (χ4v) is 11.4. The summed E-state index contributed by atoms with van der Waals surface area (Å²) in [6.07, 6.45) is -2.75. The number of likely N-dealkylation sites (tertiary alicyclic amines) is 3. The number of halogens is 12. The molecule has 6 aromatic rings. The summed E-state index contributed by atoms with van der Waals surface area (Å²) in [5, 5.41) is 49.7. The van der Waals surface area contributed by atoms with Gasteiger partial charge in [-0.15, -0.1) is 0 Å². The molecule has 3 aliphatic rings. The molecule has 6 N–H and O–H groups in total. The third kappa shape index (κ3) is 13.4. The lowest BCUT2D eigenvalue weighted by molar-refractivity contribution is -0.165. The van der Waals surface area contributed by atoms with Crippen molar-refractivity contribution in [1.82, 2.24) is 45.3 Å². The fraction of sp³-hybridized carbons (Fsp3) is 0.556. The molecule has 3 aromatic carbocycles. The Morgan fingerprint density at radius 1 is 0.561 bits per heavy atom. The lowest BCUT2D eigenvalue weighted by atomic mass is 9.84. The molecule has 9 rings (SSSR count). The lowest BCUT2D eigenvalue weighted by Gasteiger charge is -2.38. The number of amides is 3. The Kier molecular flexibility index (Phi) is 20.5. The number of aromatic amines is 3. The molecule has 3 aromatic heterocycles. The van der Waals surface area contributed by atoms with E-state index >= 15 is 17.6 Å². The molecule has 3 saturated heterocycles. The van der Waals surface area contributed by atoms with Gasteiger partial charge >= 0.3 is 0 Å². The number of hydrogen-bond acceptors (Lipinski definition) is 10.